The molecule has 0 aromatic heterocycles. The van der Waals surface area contributed by atoms with Crippen molar-refractivity contribution >= 4 is 22.2 Å². The van der Waals surface area contributed by atoms with E-state index in [1.165, 1.54) is 31.2 Å². The minimum absolute atomic E-state index is 0.158. The fourth-order valence-electron chi connectivity index (χ4n) is 3.54. The number of hydrogen-bond acceptors (Lipinski definition) is 1. The maximum absolute atomic E-state index is 14.2. The zero-order valence-corrected chi connectivity index (χ0v) is 15.4. The quantitative estimate of drug-likeness (QED) is 0.509. The molecule has 0 bridgehead atoms. The van der Waals surface area contributed by atoms with E-state index in [-0.39, 0.29) is 16.9 Å². The highest BCUT2D eigenvalue weighted by Crippen LogP contribution is 2.41. The maximum atomic E-state index is 14.2. The Bertz CT molecular complexity index is 932. The van der Waals surface area contributed by atoms with Gasteiger partial charge >= 0.3 is 6.18 Å². The molecule has 1 aliphatic rings. The Morgan fingerprint density at radius 2 is 1.63 bits per heavy atom. The van der Waals surface area contributed by atoms with E-state index >= 15 is 0 Å². The molecule has 0 saturated heterocycles. The fraction of sp³-hybridized carbons (Fsp3) is 0.300. The maximum Gasteiger partial charge on any atom is 0.416 e. The van der Waals surface area contributed by atoms with Crippen LogP contribution < -0.4 is 0 Å². The van der Waals surface area contributed by atoms with E-state index in [2.05, 4.69) is 0 Å². The summed E-state index contributed by atoms with van der Waals surface area (Å²) in [6.07, 6.45) is -2.12. The van der Waals surface area contributed by atoms with Crippen molar-refractivity contribution in [2.45, 2.75) is 38.1 Å². The normalized spacial score (nSPS) is 16.1. The Kier molecular flexibility index (Phi) is 5.53. The molecule has 27 heavy (non-hydrogen) atoms. The van der Waals surface area contributed by atoms with Gasteiger partial charge in [0, 0.05) is 5.56 Å². The molecule has 144 valence electrons. The first-order valence-electron chi connectivity index (χ1n) is 8.43. The van der Waals surface area contributed by atoms with Gasteiger partial charge in [-0.2, -0.15) is 13.2 Å². The van der Waals surface area contributed by atoms with E-state index in [0.717, 1.165) is 23.6 Å². The molecule has 0 radical (unpaired) electrons. The van der Waals surface area contributed by atoms with Crippen LogP contribution in [0.4, 0.5) is 17.6 Å². The van der Waals surface area contributed by atoms with Gasteiger partial charge in [0.25, 0.3) is 0 Å². The summed E-state index contributed by atoms with van der Waals surface area (Å²) in [6, 6.07) is 8.61. The summed E-state index contributed by atoms with van der Waals surface area (Å²) in [7, 11) is 0. The summed E-state index contributed by atoms with van der Waals surface area (Å²) in [5, 5.41) is 0. The van der Waals surface area contributed by atoms with Gasteiger partial charge in [-0.05, 0) is 66.2 Å². The average molecular weight is 398 g/mol. The van der Waals surface area contributed by atoms with Gasteiger partial charge in [-0.15, -0.1) is 0 Å². The molecule has 0 heterocycles. The van der Waals surface area contributed by atoms with Gasteiger partial charge in [0.05, 0.1) is 11.3 Å². The van der Waals surface area contributed by atoms with Crippen molar-refractivity contribution in [2.75, 3.05) is 0 Å². The van der Waals surface area contributed by atoms with Crippen molar-refractivity contribution in [3.05, 3.63) is 70.0 Å². The first-order valence-corrected chi connectivity index (χ1v) is 9.71. The van der Waals surface area contributed by atoms with Crippen LogP contribution in [0, 0.1) is 12.7 Å². The van der Waals surface area contributed by atoms with E-state index < -0.39 is 28.6 Å². The molecule has 0 fully saturated rings. The Morgan fingerprint density at radius 3 is 2.15 bits per heavy atom. The van der Waals surface area contributed by atoms with Gasteiger partial charge < -0.3 is 4.55 Å². The van der Waals surface area contributed by atoms with E-state index in [1.807, 2.05) is 0 Å². The zero-order chi connectivity index (χ0) is 19.8. The smallest absolute Gasteiger partial charge is 0.306 e. The van der Waals surface area contributed by atoms with Crippen LogP contribution in [0.5, 0.6) is 0 Å². The third-order valence-corrected chi connectivity index (χ3v) is 5.34. The molecule has 1 unspecified atom stereocenters. The average Bonchev–Trinajstić information content (AvgIpc) is 3.04. The second-order valence-electron chi connectivity index (χ2n) is 6.61. The molecular formula is C20H18F4O2S. The molecular weight excluding hydrogens is 380 g/mol. The summed E-state index contributed by atoms with van der Waals surface area (Å²) >= 11 is -2.13. The highest BCUT2D eigenvalue weighted by atomic mass is 32.2. The highest BCUT2D eigenvalue weighted by Gasteiger charge is 2.32. The van der Waals surface area contributed by atoms with Crippen LogP contribution in [0.2, 0.25) is 0 Å². The molecule has 1 atom stereocenters. The number of benzene rings is 2. The van der Waals surface area contributed by atoms with Gasteiger partial charge in [0.15, 0.2) is 11.1 Å². The number of allylic oxidation sites excluding steroid dienone is 2. The molecule has 0 spiro atoms. The largest absolute Gasteiger partial charge is 0.416 e. The second-order valence-corrected chi connectivity index (χ2v) is 7.54. The lowest BCUT2D eigenvalue weighted by molar-refractivity contribution is -0.138. The van der Waals surface area contributed by atoms with Crippen molar-refractivity contribution in [3.63, 3.8) is 0 Å². The SMILES string of the molecule is Cc1cc(C2=C(c3ccc(CS(=O)O)c(F)c3)CCC2)ccc1C(F)(F)F. The van der Waals surface area contributed by atoms with Crippen LogP contribution in [0.1, 0.15) is 47.1 Å². The molecule has 2 aromatic rings. The third-order valence-electron chi connectivity index (χ3n) is 4.78. The van der Waals surface area contributed by atoms with E-state index in [4.69, 9.17) is 4.55 Å². The molecule has 0 amide bonds. The topological polar surface area (TPSA) is 37.3 Å². The number of aryl methyl sites for hydroxylation is 1. The minimum atomic E-state index is -4.39. The first-order chi connectivity index (χ1) is 12.7. The van der Waals surface area contributed by atoms with Crippen molar-refractivity contribution < 1.29 is 26.3 Å². The van der Waals surface area contributed by atoms with Crippen LogP contribution in [0.15, 0.2) is 36.4 Å². The van der Waals surface area contributed by atoms with Crippen LogP contribution in [-0.2, 0) is 23.0 Å². The number of halogens is 4. The van der Waals surface area contributed by atoms with Crippen molar-refractivity contribution in [1.29, 1.82) is 0 Å². The van der Waals surface area contributed by atoms with Crippen LogP contribution >= 0.6 is 0 Å². The van der Waals surface area contributed by atoms with E-state index in [0.29, 0.717) is 24.0 Å². The number of alkyl halides is 3. The fourth-order valence-corrected chi connectivity index (χ4v) is 4.04. The second kappa shape index (κ2) is 7.56. The summed E-state index contributed by atoms with van der Waals surface area (Å²) < 4.78 is 73.0. The summed E-state index contributed by atoms with van der Waals surface area (Å²) in [4.78, 5) is 0. The molecule has 2 aromatic carbocycles. The van der Waals surface area contributed by atoms with Gasteiger partial charge in [-0.25, -0.2) is 8.60 Å². The Hall–Kier alpha value is -1.99. The molecule has 0 aliphatic heterocycles. The van der Waals surface area contributed by atoms with Crippen LogP contribution in [0.25, 0.3) is 11.1 Å². The lowest BCUT2D eigenvalue weighted by Crippen LogP contribution is -2.07. The van der Waals surface area contributed by atoms with Crippen LogP contribution in [-0.4, -0.2) is 8.76 Å². The summed E-state index contributed by atoms with van der Waals surface area (Å²) in [6.45, 7) is 1.44. The molecule has 2 nitrogen and oxygen atoms in total. The van der Waals surface area contributed by atoms with Gasteiger partial charge in [-0.3, -0.25) is 0 Å². The molecule has 7 heteroatoms. The molecule has 0 saturated carbocycles. The number of hydrogen-bond donors (Lipinski definition) is 1. The molecule has 1 aliphatic carbocycles. The lowest BCUT2D eigenvalue weighted by Gasteiger charge is -2.14. The monoisotopic (exact) mass is 398 g/mol. The molecule has 3 rings (SSSR count). The van der Waals surface area contributed by atoms with Crippen molar-refractivity contribution in [3.8, 4) is 0 Å². The van der Waals surface area contributed by atoms with Crippen molar-refractivity contribution in [2.24, 2.45) is 0 Å². The lowest BCUT2D eigenvalue weighted by atomic mass is 9.94. The Morgan fingerprint density at radius 1 is 1.04 bits per heavy atom. The van der Waals surface area contributed by atoms with Gasteiger partial charge in [0.2, 0.25) is 0 Å². The predicted molar refractivity (Wildman–Crippen MR) is 97.7 cm³/mol. The number of rotatable bonds is 4. The predicted octanol–water partition coefficient (Wildman–Crippen LogP) is 5.97. The summed E-state index contributed by atoms with van der Waals surface area (Å²) in [5.41, 5.74) is 2.86. The first kappa shape index (κ1) is 19.8. The van der Waals surface area contributed by atoms with Crippen LogP contribution in [0.3, 0.4) is 0 Å². The molecule has 1 N–H and O–H groups in total. The minimum Gasteiger partial charge on any atom is -0.306 e. The highest BCUT2D eigenvalue weighted by molar-refractivity contribution is 7.78. The standard InChI is InChI=1S/C20H18F4O2S/c1-12-9-13(7-8-18(12)20(22,23)24)16-3-2-4-17(16)14-5-6-15(11-27(25)26)19(21)10-14/h5-10H,2-4,11H2,1H3,(H,25,26). The third kappa shape index (κ3) is 4.30. The zero-order valence-electron chi connectivity index (χ0n) is 14.6. The summed E-state index contributed by atoms with van der Waals surface area (Å²) in [5.74, 6) is -0.840. The Balaban J connectivity index is 2.00. The van der Waals surface area contributed by atoms with Crippen molar-refractivity contribution in [1.82, 2.24) is 0 Å². The van der Waals surface area contributed by atoms with Gasteiger partial charge in [0.1, 0.15) is 5.82 Å². The van der Waals surface area contributed by atoms with E-state index in [9.17, 15) is 21.8 Å². The Labute approximate surface area is 157 Å². The van der Waals surface area contributed by atoms with Gasteiger partial charge in [-0.1, -0.05) is 24.3 Å². The van der Waals surface area contributed by atoms with E-state index in [1.54, 1.807) is 6.07 Å².